The smallest absolute Gasteiger partial charge is 0.435 e. The van der Waals surface area contributed by atoms with E-state index in [1.165, 1.54) is 23.7 Å². The highest BCUT2D eigenvalue weighted by atomic mass is 19.2. The van der Waals surface area contributed by atoms with E-state index in [2.05, 4.69) is 9.84 Å². The molecule has 0 aliphatic carbocycles. The van der Waals surface area contributed by atoms with Gasteiger partial charge in [0, 0.05) is 23.7 Å². The number of rotatable bonds is 8. The lowest BCUT2D eigenvalue weighted by Crippen LogP contribution is -2.67. The first-order chi connectivity index (χ1) is 17.3. The number of carbonyl (C=O) groups excluding carboxylic acids is 1. The molecule has 1 aliphatic heterocycles. The second kappa shape index (κ2) is 11.3. The molecule has 1 aromatic heterocycles. The molecule has 37 heavy (non-hydrogen) atoms. The first-order valence-corrected chi connectivity index (χ1v) is 11.7. The van der Waals surface area contributed by atoms with Crippen molar-refractivity contribution in [2.75, 3.05) is 13.2 Å². The number of aliphatic hydroxyl groups excluding tert-OH is 3. The number of aromatic nitrogens is 2. The SMILES string of the molecule is CCOC(=O)OC[C@H]1O[C@@](O)(Oc2nn(C(C)C)c(C)c2Cc2ccc(C)c(F)c2F)[C@H](O)[C@@H](O)[C@@H]1O. The molecule has 1 fully saturated rings. The molecule has 0 amide bonds. The van der Waals surface area contributed by atoms with Crippen LogP contribution in [0, 0.1) is 25.5 Å². The minimum atomic E-state index is -2.96. The average Bonchev–Trinajstić information content (AvgIpc) is 3.14. The van der Waals surface area contributed by atoms with Gasteiger partial charge in [0.15, 0.2) is 17.7 Å². The molecule has 11 nitrogen and oxygen atoms in total. The van der Waals surface area contributed by atoms with Crippen molar-refractivity contribution in [3.8, 4) is 5.88 Å². The van der Waals surface area contributed by atoms with Gasteiger partial charge in [0.05, 0.1) is 6.61 Å². The van der Waals surface area contributed by atoms with E-state index < -0.39 is 54.8 Å². The highest BCUT2D eigenvalue weighted by molar-refractivity contribution is 5.59. The van der Waals surface area contributed by atoms with Gasteiger partial charge in [0.2, 0.25) is 5.88 Å². The molecule has 13 heteroatoms. The molecule has 4 N–H and O–H groups in total. The first-order valence-electron chi connectivity index (χ1n) is 11.7. The highest BCUT2D eigenvalue weighted by Gasteiger charge is 2.56. The van der Waals surface area contributed by atoms with Crippen LogP contribution in [0.5, 0.6) is 5.88 Å². The Hall–Kier alpha value is -2.84. The summed E-state index contributed by atoms with van der Waals surface area (Å²) in [6, 6.07) is 2.62. The Morgan fingerprint density at radius 1 is 1.16 bits per heavy atom. The summed E-state index contributed by atoms with van der Waals surface area (Å²) in [6.45, 7) is 7.62. The number of carbonyl (C=O) groups is 1. The van der Waals surface area contributed by atoms with E-state index in [0.29, 0.717) is 5.69 Å². The third-order valence-corrected chi connectivity index (χ3v) is 6.07. The molecule has 1 aromatic carbocycles. The Morgan fingerprint density at radius 2 is 1.84 bits per heavy atom. The van der Waals surface area contributed by atoms with Crippen molar-refractivity contribution in [3.05, 3.63) is 46.2 Å². The van der Waals surface area contributed by atoms with E-state index in [1.54, 1.807) is 13.8 Å². The Bertz CT molecular complexity index is 1130. The van der Waals surface area contributed by atoms with E-state index in [9.17, 15) is 34.0 Å². The fraction of sp³-hybridized carbons (Fsp3) is 0.583. The maximum atomic E-state index is 14.7. The Labute approximate surface area is 212 Å². The summed E-state index contributed by atoms with van der Waals surface area (Å²) in [4.78, 5) is 11.5. The molecule has 3 rings (SSSR count). The second-order valence-electron chi connectivity index (χ2n) is 9.06. The highest BCUT2D eigenvalue weighted by Crippen LogP contribution is 2.35. The van der Waals surface area contributed by atoms with Gasteiger partial charge >= 0.3 is 12.1 Å². The van der Waals surface area contributed by atoms with E-state index in [1.807, 2.05) is 13.8 Å². The van der Waals surface area contributed by atoms with Crippen LogP contribution in [0.4, 0.5) is 13.6 Å². The summed E-state index contributed by atoms with van der Waals surface area (Å²) in [6.07, 6.45) is -8.74. The fourth-order valence-electron chi connectivity index (χ4n) is 3.97. The van der Waals surface area contributed by atoms with Crippen LogP contribution in [0.2, 0.25) is 0 Å². The van der Waals surface area contributed by atoms with E-state index >= 15 is 0 Å². The fourth-order valence-corrected chi connectivity index (χ4v) is 3.97. The molecule has 206 valence electrons. The van der Waals surface area contributed by atoms with Gasteiger partial charge in [-0.2, -0.15) is 0 Å². The predicted octanol–water partition coefficient (Wildman–Crippen LogP) is 1.63. The summed E-state index contributed by atoms with van der Waals surface area (Å²) < 4.78 is 50.7. The number of hydrogen-bond donors (Lipinski definition) is 4. The topological polar surface area (TPSA) is 153 Å². The van der Waals surface area contributed by atoms with Gasteiger partial charge in [-0.25, -0.2) is 13.6 Å². The predicted molar refractivity (Wildman–Crippen MR) is 123 cm³/mol. The molecule has 2 heterocycles. The van der Waals surface area contributed by atoms with Gasteiger partial charge in [-0.3, -0.25) is 4.68 Å². The number of aryl methyl sites for hydroxylation is 1. The van der Waals surface area contributed by atoms with Crippen molar-refractivity contribution >= 4 is 6.16 Å². The number of hydrogen-bond acceptors (Lipinski definition) is 10. The van der Waals surface area contributed by atoms with Crippen molar-refractivity contribution < 1.29 is 52.9 Å². The van der Waals surface area contributed by atoms with Crippen LogP contribution in [0.3, 0.4) is 0 Å². The Kier molecular flexibility index (Phi) is 8.75. The Morgan fingerprint density at radius 3 is 2.46 bits per heavy atom. The zero-order valence-electron chi connectivity index (χ0n) is 21.1. The quantitative estimate of drug-likeness (QED) is 0.293. The minimum absolute atomic E-state index is 0.00683. The van der Waals surface area contributed by atoms with E-state index in [4.69, 9.17) is 14.2 Å². The summed E-state index contributed by atoms with van der Waals surface area (Å²) >= 11 is 0. The molecular formula is C24H32F2N2O9. The van der Waals surface area contributed by atoms with Crippen molar-refractivity contribution in [2.24, 2.45) is 0 Å². The maximum Gasteiger partial charge on any atom is 0.508 e. The van der Waals surface area contributed by atoms with Gasteiger partial charge in [0.1, 0.15) is 24.9 Å². The number of ether oxygens (including phenoxy) is 4. The van der Waals surface area contributed by atoms with Crippen molar-refractivity contribution in [1.29, 1.82) is 0 Å². The zero-order valence-corrected chi connectivity index (χ0v) is 21.1. The van der Waals surface area contributed by atoms with Gasteiger partial charge in [-0.15, -0.1) is 5.10 Å². The van der Waals surface area contributed by atoms with Gasteiger partial charge in [-0.1, -0.05) is 12.1 Å². The van der Waals surface area contributed by atoms with Crippen LogP contribution in [0.25, 0.3) is 0 Å². The van der Waals surface area contributed by atoms with E-state index in [0.717, 1.165) is 0 Å². The molecule has 0 radical (unpaired) electrons. The third kappa shape index (κ3) is 5.85. The maximum absolute atomic E-state index is 14.7. The lowest BCUT2D eigenvalue weighted by Gasteiger charge is -2.44. The van der Waals surface area contributed by atoms with Gasteiger partial charge in [-0.05, 0) is 45.7 Å². The molecule has 0 spiro atoms. The van der Waals surface area contributed by atoms with Crippen LogP contribution in [0.15, 0.2) is 12.1 Å². The third-order valence-electron chi connectivity index (χ3n) is 6.07. The minimum Gasteiger partial charge on any atom is -0.435 e. The molecule has 0 saturated carbocycles. The molecule has 0 bridgehead atoms. The molecule has 0 unspecified atom stereocenters. The lowest BCUT2D eigenvalue weighted by atomic mass is 9.97. The molecule has 1 saturated heterocycles. The van der Waals surface area contributed by atoms with E-state index in [-0.39, 0.29) is 41.6 Å². The number of benzene rings is 1. The standard InChI is InChI=1S/C24H32F2N2O9/c1-6-34-23(32)35-10-16-19(29)20(30)21(31)24(33,36-16)37-22-15(13(5)28(27-22)11(2)3)9-14-8-7-12(4)17(25)18(14)26/h7-8,11,16,19-21,29-31,33H,6,9-10H2,1-5H3/t16-,19-,20+,21-,24-/m1/s1. The molecule has 2 aromatic rings. The summed E-state index contributed by atoms with van der Waals surface area (Å²) in [5.74, 6) is -5.30. The molecule has 5 atom stereocenters. The largest absolute Gasteiger partial charge is 0.508 e. The first kappa shape index (κ1) is 28.7. The number of nitrogens with zero attached hydrogens (tertiary/aromatic N) is 2. The Balaban J connectivity index is 1.95. The van der Waals surface area contributed by atoms with Crippen LogP contribution >= 0.6 is 0 Å². The molecular weight excluding hydrogens is 498 g/mol. The second-order valence-corrected chi connectivity index (χ2v) is 9.06. The number of aliphatic hydroxyl groups is 4. The lowest BCUT2D eigenvalue weighted by molar-refractivity contribution is -0.423. The normalized spacial score (nSPS) is 25.8. The van der Waals surface area contributed by atoms with Crippen molar-refractivity contribution in [2.45, 2.75) is 77.5 Å². The summed E-state index contributed by atoms with van der Waals surface area (Å²) in [7, 11) is 0. The monoisotopic (exact) mass is 530 g/mol. The van der Waals surface area contributed by atoms with Crippen LogP contribution in [-0.2, 0) is 20.6 Å². The van der Waals surface area contributed by atoms with Gasteiger partial charge < -0.3 is 39.4 Å². The van der Waals surface area contributed by atoms with Crippen LogP contribution in [-0.4, -0.2) is 80.0 Å². The average molecular weight is 531 g/mol. The van der Waals surface area contributed by atoms with Gasteiger partial charge in [0.25, 0.3) is 0 Å². The van der Waals surface area contributed by atoms with Crippen molar-refractivity contribution in [1.82, 2.24) is 9.78 Å². The zero-order chi connectivity index (χ0) is 27.7. The van der Waals surface area contributed by atoms with Crippen molar-refractivity contribution in [3.63, 3.8) is 0 Å². The van der Waals surface area contributed by atoms with Crippen LogP contribution < -0.4 is 4.74 Å². The summed E-state index contributed by atoms with van der Waals surface area (Å²) in [5, 5.41) is 46.5. The summed E-state index contributed by atoms with van der Waals surface area (Å²) in [5.41, 5.74) is 0.874. The number of halogens is 2. The van der Waals surface area contributed by atoms with Crippen LogP contribution in [0.1, 0.15) is 49.2 Å². The molecule has 1 aliphatic rings.